The van der Waals surface area contributed by atoms with Crippen molar-refractivity contribution < 1.29 is 4.79 Å². The summed E-state index contributed by atoms with van der Waals surface area (Å²) >= 11 is 7.11. The van der Waals surface area contributed by atoms with Gasteiger partial charge >= 0.3 is 0 Å². The van der Waals surface area contributed by atoms with Crippen LogP contribution in [0.3, 0.4) is 0 Å². The van der Waals surface area contributed by atoms with Gasteiger partial charge in [0.2, 0.25) is 0 Å². The largest absolute Gasteiger partial charge is 0.299 e. The number of thiazole rings is 1. The van der Waals surface area contributed by atoms with Crippen molar-refractivity contribution in [2.75, 3.05) is 0 Å². The van der Waals surface area contributed by atoms with Crippen molar-refractivity contribution in [1.82, 2.24) is 4.98 Å². The van der Waals surface area contributed by atoms with E-state index >= 15 is 0 Å². The van der Waals surface area contributed by atoms with Gasteiger partial charge in [0, 0.05) is 11.1 Å². The summed E-state index contributed by atoms with van der Waals surface area (Å²) in [7, 11) is 0. The average molecular weight is 202 g/mol. The quantitative estimate of drug-likeness (QED) is 0.736. The first-order valence-electron chi connectivity index (χ1n) is 3.78. The summed E-state index contributed by atoms with van der Waals surface area (Å²) in [6.07, 6.45) is 3.64. The van der Waals surface area contributed by atoms with E-state index in [1.54, 1.807) is 13.1 Å². The molecular formula is C8H8ClNOS. The molecule has 1 aromatic heterocycles. The Hall–Kier alpha value is -0.410. The molecule has 2 rings (SSSR count). The van der Waals surface area contributed by atoms with Gasteiger partial charge in [0.25, 0.3) is 0 Å². The van der Waals surface area contributed by atoms with Crippen molar-refractivity contribution in [2.24, 2.45) is 0 Å². The predicted octanol–water partition coefficient (Wildman–Crippen LogP) is 2.42. The molecule has 0 aromatic carbocycles. The first kappa shape index (κ1) is 8.20. The maximum absolute atomic E-state index is 11.3. The number of rotatable bonds is 2. The van der Waals surface area contributed by atoms with Gasteiger partial charge in [0.1, 0.15) is 5.78 Å². The smallest absolute Gasteiger partial charge is 0.183 e. The monoisotopic (exact) mass is 201 g/mol. The molecule has 0 N–H and O–H groups in total. The second-order valence-corrected chi connectivity index (χ2v) is 4.73. The number of nitrogens with zero attached hydrogens (tertiary/aromatic N) is 1. The van der Waals surface area contributed by atoms with Crippen LogP contribution in [-0.2, 0) is 10.2 Å². The zero-order valence-electron chi connectivity index (χ0n) is 6.63. The Kier molecular flexibility index (Phi) is 1.73. The molecule has 0 radical (unpaired) electrons. The van der Waals surface area contributed by atoms with Gasteiger partial charge in [0.15, 0.2) is 4.47 Å². The van der Waals surface area contributed by atoms with Crippen LogP contribution < -0.4 is 0 Å². The Bertz CT molecular complexity index is 330. The first-order chi connectivity index (χ1) is 5.65. The molecule has 1 aliphatic rings. The molecule has 64 valence electrons. The highest BCUT2D eigenvalue weighted by Crippen LogP contribution is 2.51. The fourth-order valence-corrected chi connectivity index (χ4v) is 2.60. The molecule has 4 heteroatoms. The first-order valence-corrected chi connectivity index (χ1v) is 4.97. The molecule has 1 saturated carbocycles. The van der Waals surface area contributed by atoms with Crippen LogP contribution in [0.2, 0.25) is 4.47 Å². The van der Waals surface area contributed by atoms with Gasteiger partial charge in [-0.25, -0.2) is 4.98 Å². The highest BCUT2D eigenvalue weighted by Gasteiger charge is 2.50. The SMILES string of the molecule is CC(=O)C1(c2cnc(Cl)s2)CC1. The van der Waals surface area contributed by atoms with E-state index in [1.165, 1.54) is 11.3 Å². The van der Waals surface area contributed by atoms with Crippen molar-refractivity contribution in [2.45, 2.75) is 25.2 Å². The summed E-state index contributed by atoms with van der Waals surface area (Å²) in [5.41, 5.74) is -0.204. The molecule has 0 unspecified atom stereocenters. The third-order valence-electron chi connectivity index (χ3n) is 2.37. The molecule has 0 atom stereocenters. The third kappa shape index (κ3) is 1.08. The van der Waals surface area contributed by atoms with E-state index in [2.05, 4.69) is 4.98 Å². The molecule has 1 fully saturated rings. The van der Waals surface area contributed by atoms with Crippen LogP contribution >= 0.6 is 22.9 Å². The zero-order chi connectivity index (χ0) is 8.77. The van der Waals surface area contributed by atoms with Crippen molar-refractivity contribution in [3.05, 3.63) is 15.5 Å². The highest BCUT2D eigenvalue weighted by molar-refractivity contribution is 7.16. The number of hydrogen-bond donors (Lipinski definition) is 0. The molecule has 1 aromatic rings. The summed E-state index contributed by atoms with van der Waals surface area (Å²) in [4.78, 5) is 16.2. The van der Waals surface area contributed by atoms with Gasteiger partial charge in [-0.15, -0.1) is 11.3 Å². The number of ketones is 1. The van der Waals surface area contributed by atoms with Crippen molar-refractivity contribution >= 4 is 28.7 Å². The second kappa shape index (κ2) is 2.54. The summed E-state index contributed by atoms with van der Waals surface area (Å²) in [6, 6.07) is 0. The number of carbonyl (C=O) groups excluding carboxylic acids is 1. The lowest BCUT2D eigenvalue weighted by Crippen LogP contribution is -2.14. The maximum atomic E-state index is 11.3. The molecule has 0 aliphatic heterocycles. The molecule has 2 nitrogen and oxygen atoms in total. The van der Waals surface area contributed by atoms with Crippen LogP contribution in [0.15, 0.2) is 6.20 Å². The summed E-state index contributed by atoms with van der Waals surface area (Å²) in [5.74, 6) is 0.239. The van der Waals surface area contributed by atoms with Crippen molar-refractivity contribution in [3.63, 3.8) is 0 Å². The predicted molar refractivity (Wildman–Crippen MR) is 48.7 cm³/mol. The van der Waals surface area contributed by atoms with Crippen molar-refractivity contribution in [3.8, 4) is 0 Å². The summed E-state index contributed by atoms with van der Waals surface area (Å²) in [6.45, 7) is 1.64. The van der Waals surface area contributed by atoms with Crippen molar-refractivity contribution in [1.29, 1.82) is 0 Å². The van der Waals surface area contributed by atoms with Crippen LogP contribution in [0.1, 0.15) is 24.6 Å². The molecule has 0 saturated heterocycles. The number of aromatic nitrogens is 1. The van der Waals surface area contributed by atoms with E-state index in [-0.39, 0.29) is 11.2 Å². The van der Waals surface area contributed by atoms with Gasteiger partial charge in [-0.05, 0) is 19.8 Å². The number of hydrogen-bond acceptors (Lipinski definition) is 3. The van der Waals surface area contributed by atoms with E-state index in [1.807, 2.05) is 0 Å². The van der Waals surface area contributed by atoms with Crippen LogP contribution in [-0.4, -0.2) is 10.8 Å². The second-order valence-electron chi connectivity index (χ2n) is 3.12. The Morgan fingerprint density at radius 3 is 2.75 bits per heavy atom. The van der Waals surface area contributed by atoms with Gasteiger partial charge in [-0.3, -0.25) is 4.79 Å². The Morgan fingerprint density at radius 1 is 1.75 bits per heavy atom. The lowest BCUT2D eigenvalue weighted by molar-refractivity contribution is -0.119. The fraction of sp³-hybridized carbons (Fsp3) is 0.500. The molecular weight excluding hydrogens is 194 g/mol. The molecule has 0 bridgehead atoms. The molecule has 1 aliphatic carbocycles. The van der Waals surface area contributed by atoms with Gasteiger partial charge < -0.3 is 0 Å². The zero-order valence-corrected chi connectivity index (χ0v) is 8.21. The fourth-order valence-electron chi connectivity index (χ4n) is 1.37. The van der Waals surface area contributed by atoms with Gasteiger partial charge in [-0.2, -0.15) is 0 Å². The normalized spacial score (nSPS) is 19.2. The van der Waals surface area contributed by atoms with E-state index < -0.39 is 0 Å². The minimum atomic E-state index is -0.204. The minimum Gasteiger partial charge on any atom is -0.299 e. The third-order valence-corrected chi connectivity index (χ3v) is 3.69. The Labute approximate surface area is 79.6 Å². The molecule has 0 amide bonds. The van der Waals surface area contributed by atoms with E-state index in [0.29, 0.717) is 4.47 Å². The lowest BCUT2D eigenvalue weighted by Gasteiger charge is -2.05. The lowest BCUT2D eigenvalue weighted by atomic mass is 10.0. The average Bonchev–Trinajstić information content (AvgIpc) is 2.71. The summed E-state index contributed by atoms with van der Waals surface area (Å²) in [5, 5.41) is 0. The number of halogens is 1. The topological polar surface area (TPSA) is 30.0 Å². The minimum absolute atomic E-state index is 0.204. The highest BCUT2D eigenvalue weighted by atomic mass is 35.5. The Morgan fingerprint density at radius 2 is 2.42 bits per heavy atom. The Balaban J connectivity index is 2.36. The molecule has 12 heavy (non-hydrogen) atoms. The van der Waals surface area contributed by atoms with E-state index in [4.69, 9.17) is 11.6 Å². The van der Waals surface area contributed by atoms with Crippen LogP contribution in [0, 0.1) is 0 Å². The van der Waals surface area contributed by atoms with Gasteiger partial charge in [-0.1, -0.05) is 11.6 Å². The van der Waals surface area contributed by atoms with Crippen LogP contribution in [0.5, 0.6) is 0 Å². The summed E-state index contributed by atoms with van der Waals surface area (Å²) < 4.78 is 0.525. The molecule has 1 heterocycles. The standard InChI is InChI=1S/C8H8ClNOS/c1-5(11)8(2-3-8)6-4-10-7(9)12-6/h4H,2-3H2,1H3. The van der Waals surface area contributed by atoms with Crippen LogP contribution in [0.4, 0.5) is 0 Å². The number of Topliss-reactive ketones (excluding diaryl/α,β-unsaturated/α-hetero) is 1. The number of carbonyl (C=O) groups is 1. The van der Waals surface area contributed by atoms with Crippen LogP contribution in [0.25, 0.3) is 0 Å². The van der Waals surface area contributed by atoms with E-state index in [0.717, 1.165) is 17.7 Å². The maximum Gasteiger partial charge on any atom is 0.183 e. The molecule has 0 spiro atoms. The van der Waals surface area contributed by atoms with Gasteiger partial charge in [0.05, 0.1) is 5.41 Å². The van der Waals surface area contributed by atoms with E-state index in [9.17, 15) is 4.79 Å².